The highest BCUT2D eigenvalue weighted by Crippen LogP contribution is 2.30. The summed E-state index contributed by atoms with van der Waals surface area (Å²) in [5.74, 6) is -1.03. The quantitative estimate of drug-likeness (QED) is 0.538. The van der Waals surface area contributed by atoms with Crippen molar-refractivity contribution in [2.75, 3.05) is 0 Å². The van der Waals surface area contributed by atoms with Crippen molar-refractivity contribution < 1.29 is 9.59 Å². The fraction of sp³-hybridized carbons (Fsp3) is 0.118. The average molecular weight is 436 g/mol. The molecule has 2 aromatic carbocycles. The molecular formula is C17H12Br2N2O2. The first-order chi connectivity index (χ1) is 11.0. The molecule has 3 rings (SSSR count). The molecule has 0 saturated carbocycles. The van der Waals surface area contributed by atoms with Gasteiger partial charge in [-0.1, -0.05) is 56.1 Å². The van der Waals surface area contributed by atoms with Crippen LogP contribution in [-0.2, 0) is 9.59 Å². The predicted octanol–water partition coefficient (Wildman–Crippen LogP) is 4.09. The highest BCUT2D eigenvalue weighted by molar-refractivity contribution is 9.10. The van der Waals surface area contributed by atoms with Gasteiger partial charge in [0.1, 0.15) is 0 Å². The number of hydrogen-bond donors (Lipinski definition) is 0. The molecule has 2 amide bonds. The fourth-order valence-corrected chi connectivity index (χ4v) is 2.90. The van der Waals surface area contributed by atoms with E-state index in [1.807, 2.05) is 48.5 Å². The lowest BCUT2D eigenvalue weighted by molar-refractivity contribution is -0.138. The van der Waals surface area contributed by atoms with Gasteiger partial charge >= 0.3 is 0 Å². The molecule has 1 aliphatic rings. The molecule has 1 fully saturated rings. The molecular weight excluding hydrogens is 424 g/mol. The van der Waals surface area contributed by atoms with Crippen LogP contribution in [0.3, 0.4) is 0 Å². The molecule has 1 heterocycles. The van der Waals surface area contributed by atoms with E-state index in [1.54, 1.807) is 0 Å². The third-order valence-electron chi connectivity index (χ3n) is 3.59. The molecule has 1 atom stereocenters. The van der Waals surface area contributed by atoms with E-state index in [2.05, 4.69) is 37.0 Å². The van der Waals surface area contributed by atoms with Crippen molar-refractivity contribution in [1.82, 2.24) is 5.01 Å². The Balaban J connectivity index is 1.78. The number of amides is 2. The minimum Gasteiger partial charge on any atom is -0.272 e. The van der Waals surface area contributed by atoms with Crippen LogP contribution in [0.4, 0.5) is 0 Å². The lowest BCUT2D eigenvalue weighted by Crippen LogP contribution is -2.24. The molecule has 1 aliphatic heterocycles. The van der Waals surface area contributed by atoms with Crippen LogP contribution in [-0.4, -0.2) is 23.0 Å². The molecule has 2 aromatic rings. The van der Waals surface area contributed by atoms with Gasteiger partial charge in [-0.25, -0.2) is 0 Å². The first kappa shape index (κ1) is 16.1. The molecule has 23 heavy (non-hydrogen) atoms. The number of halogens is 2. The van der Waals surface area contributed by atoms with Crippen molar-refractivity contribution in [2.24, 2.45) is 5.10 Å². The van der Waals surface area contributed by atoms with Crippen LogP contribution < -0.4 is 0 Å². The van der Waals surface area contributed by atoms with Gasteiger partial charge in [-0.2, -0.15) is 10.1 Å². The van der Waals surface area contributed by atoms with Gasteiger partial charge in [0, 0.05) is 15.4 Å². The maximum atomic E-state index is 12.4. The van der Waals surface area contributed by atoms with E-state index in [0.717, 1.165) is 25.1 Å². The lowest BCUT2D eigenvalue weighted by Gasteiger charge is -2.09. The molecule has 0 spiro atoms. The van der Waals surface area contributed by atoms with Crippen molar-refractivity contribution in [2.45, 2.75) is 12.3 Å². The van der Waals surface area contributed by atoms with Crippen molar-refractivity contribution in [3.8, 4) is 0 Å². The minimum absolute atomic E-state index is 0.151. The van der Waals surface area contributed by atoms with Crippen LogP contribution in [0.2, 0.25) is 0 Å². The summed E-state index contributed by atoms with van der Waals surface area (Å²) in [4.78, 5) is 24.5. The van der Waals surface area contributed by atoms with E-state index in [0.29, 0.717) is 0 Å². The summed E-state index contributed by atoms with van der Waals surface area (Å²) in [6.45, 7) is 0. The Morgan fingerprint density at radius 2 is 1.52 bits per heavy atom. The highest BCUT2D eigenvalue weighted by Gasteiger charge is 2.39. The van der Waals surface area contributed by atoms with Crippen LogP contribution in [0.25, 0.3) is 0 Å². The van der Waals surface area contributed by atoms with E-state index in [1.165, 1.54) is 6.21 Å². The summed E-state index contributed by atoms with van der Waals surface area (Å²) in [6.07, 6.45) is 1.67. The largest absolute Gasteiger partial charge is 0.272 e. The molecule has 0 bridgehead atoms. The van der Waals surface area contributed by atoms with Crippen molar-refractivity contribution >= 4 is 49.9 Å². The number of nitrogens with zero attached hydrogens (tertiary/aromatic N) is 2. The summed E-state index contributed by atoms with van der Waals surface area (Å²) < 4.78 is 1.89. The third-order valence-corrected chi connectivity index (χ3v) is 4.64. The molecule has 1 saturated heterocycles. The maximum absolute atomic E-state index is 12.4. The SMILES string of the molecule is O=C1CC(c2ccc(Br)cc2)C(=O)N1/N=C/c1ccc(Br)cc1. The zero-order chi connectivity index (χ0) is 16.4. The van der Waals surface area contributed by atoms with Gasteiger partial charge in [0.2, 0.25) is 0 Å². The number of hydrazone groups is 1. The summed E-state index contributed by atoms with van der Waals surface area (Å²) in [7, 11) is 0. The number of benzene rings is 2. The predicted molar refractivity (Wildman–Crippen MR) is 95.1 cm³/mol. The first-order valence-electron chi connectivity index (χ1n) is 6.96. The Kier molecular flexibility index (Phi) is 4.73. The summed E-state index contributed by atoms with van der Waals surface area (Å²) >= 11 is 6.71. The van der Waals surface area contributed by atoms with Gasteiger partial charge in [0.05, 0.1) is 12.1 Å². The monoisotopic (exact) mass is 434 g/mol. The van der Waals surface area contributed by atoms with Crippen LogP contribution in [0.15, 0.2) is 62.6 Å². The molecule has 0 aliphatic carbocycles. The molecule has 0 N–H and O–H groups in total. The number of hydrogen-bond acceptors (Lipinski definition) is 3. The second kappa shape index (κ2) is 6.76. The number of imide groups is 1. The molecule has 0 radical (unpaired) electrons. The Labute approximate surface area is 150 Å². The summed E-state index contributed by atoms with van der Waals surface area (Å²) in [5.41, 5.74) is 1.65. The fourth-order valence-electron chi connectivity index (χ4n) is 2.37. The zero-order valence-electron chi connectivity index (χ0n) is 11.9. The normalized spacial score (nSPS) is 18.2. The second-order valence-electron chi connectivity index (χ2n) is 5.15. The smallest absolute Gasteiger partial charge is 0.257 e. The lowest BCUT2D eigenvalue weighted by atomic mass is 9.98. The number of carbonyl (C=O) groups is 2. The molecule has 6 heteroatoms. The van der Waals surface area contributed by atoms with Gasteiger partial charge in [-0.05, 0) is 35.4 Å². The third kappa shape index (κ3) is 3.59. The highest BCUT2D eigenvalue weighted by atomic mass is 79.9. The number of carbonyl (C=O) groups excluding carboxylic acids is 2. The molecule has 0 aromatic heterocycles. The van der Waals surface area contributed by atoms with E-state index in [9.17, 15) is 9.59 Å². The van der Waals surface area contributed by atoms with Crippen LogP contribution >= 0.6 is 31.9 Å². The second-order valence-corrected chi connectivity index (χ2v) is 6.98. The molecule has 116 valence electrons. The average Bonchev–Trinajstić information content (AvgIpc) is 2.82. The standard InChI is InChI=1S/C17H12Br2N2O2/c18-13-5-1-11(2-6-13)10-20-21-16(22)9-15(17(21)23)12-3-7-14(19)8-4-12/h1-8,10,15H,9H2/b20-10+. The van der Waals surface area contributed by atoms with Crippen LogP contribution in [0, 0.1) is 0 Å². The van der Waals surface area contributed by atoms with E-state index < -0.39 is 5.92 Å². The van der Waals surface area contributed by atoms with E-state index in [4.69, 9.17) is 0 Å². The zero-order valence-corrected chi connectivity index (χ0v) is 15.1. The van der Waals surface area contributed by atoms with Gasteiger partial charge in [0.25, 0.3) is 11.8 Å². The van der Waals surface area contributed by atoms with Crippen molar-refractivity contribution in [1.29, 1.82) is 0 Å². The molecule has 4 nitrogen and oxygen atoms in total. The Morgan fingerprint density at radius 1 is 0.957 bits per heavy atom. The summed E-state index contributed by atoms with van der Waals surface area (Å²) in [5, 5.41) is 5.03. The van der Waals surface area contributed by atoms with Crippen molar-refractivity contribution in [3.63, 3.8) is 0 Å². The maximum Gasteiger partial charge on any atom is 0.257 e. The van der Waals surface area contributed by atoms with Crippen LogP contribution in [0.1, 0.15) is 23.5 Å². The van der Waals surface area contributed by atoms with E-state index in [-0.39, 0.29) is 18.2 Å². The van der Waals surface area contributed by atoms with Gasteiger partial charge < -0.3 is 0 Å². The summed E-state index contributed by atoms with van der Waals surface area (Å²) in [6, 6.07) is 14.9. The Bertz CT molecular complexity index is 770. The van der Waals surface area contributed by atoms with Crippen LogP contribution in [0.5, 0.6) is 0 Å². The van der Waals surface area contributed by atoms with Crippen molar-refractivity contribution in [3.05, 3.63) is 68.6 Å². The minimum atomic E-state index is -0.460. The number of rotatable bonds is 3. The Hall–Kier alpha value is -1.79. The van der Waals surface area contributed by atoms with Gasteiger partial charge in [-0.15, -0.1) is 0 Å². The van der Waals surface area contributed by atoms with E-state index >= 15 is 0 Å². The topological polar surface area (TPSA) is 49.7 Å². The van der Waals surface area contributed by atoms with Gasteiger partial charge in [-0.3, -0.25) is 9.59 Å². The molecule has 1 unspecified atom stereocenters. The Morgan fingerprint density at radius 3 is 2.13 bits per heavy atom. The van der Waals surface area contributed by atoms with Gasteiger partial charge in [0.15, 0.2) is 0 Å². The first-order valence-corrected chi connectivity index (χ1v) is 8.55.